The highest BCUT2D eigenvalue weighted by atomic mass is 19.4. The summed E-state index contributed by atoms with van der Waals surface area (Å²) in [7, 11) is 0. The summed E-state index contributed by atoms with van der Waals surface area (Å²) in [6.07, 6.45) is -0.559. The van der Waals surface area contributed by atoms with Crippen LogP contribution in [0.4, 0.5) is 36.8 Å². The van der Waals surface area contributed by atoms with Crippen LogP contribution in [0.2, 0.25) is 0 Å². The number of halogens is 6. The lowest BCUT2D eigenvalue weighted by molar-refractivity contribution is -0.274. The molecule has 6 nitrogen and oxygen atoms in total. The van der Waals surface area contributed by atoms with Crippen LogP contribution in [0.5, 0.6) is 5.75 Å². The molecular formula is C34H38F6N4O2. The van der Waals surface area contributed by atoms with E-state index in [1.807, 2.05) is 19.1 Å². The first-order chi connectivity index (χ1) is 21.8. The van der Waals surface area contributed by atoms with Gasteiger partial charge < -0.3 is 15.4 Å². The van der Waals surface area contributed by atoms with E-state index in [4.69, 9.17) is 0 Å². The number of anilines is 1. The Hall–Kier alpha value is -4.06. The molecule has 0 saturated heterocycles. The summed E-state index contributed by atoms with van der Waals surface area (Å²) in [6, 6.07) is 13.9. The van der Waals surface area contributed by atoms with E-state index in [1.165, 1.54) is 28.7 Å². The maximum atomic E-state index is 13.4. The number of carbonyl (C=O) groups is 1. The van der Waals surface area contributed by atoms with Crippen LogP contribution in [-0.4, -0.2) is 37.0 Å². The largest absolute Gasteiger partial charge is 0.573 e. The van der Waals surface area contributed by atoms with Gasteiger partial charge in [-0.05, 0) is 78.4 Å². The average molecular weight is 649 g/mol. The number of urea groups is 1. The van der Waals surface area contributed by atoms with Crippen molar-refractivity contribution in [3.05, 3.63) is 94.8 Å². The predicted molar refractivity (Wildman–Crippen MR) is 165 cm³/mol. The molecule has 248 valence electrons. The molecule has 2 aromatic carbocycles. The van der Waals surface area contributed by atoms with Crippen molar-refractivity contribution >= 4 is 17.8 Å². The first-order valence-electron chi connectivity index (χ1n) is 15.3. The van der Waals surface area contributed by atoms with Gasteiger partial charge in [0.2, 0.25) is 0 Å². The summed E-state index contributed by atoms with van der Waals surface area (Å²) in [4.78, 5) is 18.2. The third kappa shape index (κ3) is 9.24. The van der Waals surface area contributed by atoms with Crippen LogP contribution in [0.25, 0.3) is 6.08 Å². The van der Waals surface area contributed by atoms with Gasteiger partial charge >= 0.3 is 18.6 Å². The molecule has 0 radical (unpaired) electrons. The van der Waals surface area contributed by atoms with Gasteiger partial charge in [-0.2, -0.15) is 13.2 Å². The molecule has 2 amide bonds. The van der Waals surface area contributed by atoms with Crippen molar-refractivity contribution in [1.29, 1.82) is 0 Å². The summed E-state index contributed by atoms with van der Waals surface area (Å²) in [5, 5.41) is 6.03. The van der Waals surface area contributed by atoms with E-state index >= 15 is 0 Å². The number of nitrogens with one attached hydrogen (secondary N) is 2. The van der Waals surface area contributed by atoms with Gasteiger partial charge in [0.15, 0.2) is 0 Å². The van der Waals surface area contributed by atoms with E-state index in [0.717, 1.165) is 36.7 Å². The molecular weight excluding hydrogens is 610 g/mol. The average Bonchev–Trinajstić information content (AvgIpc) is 3.31. The number of ether oxygens (including phenoxy) is 1. The summed E-state index contributed by atoms with van der Waals surface area (Å²) < 4.78 is 82.9. The maximum Gasteiger partial charge on any atom is 0.573 e. The molecule has 1 unspecified atom stereocenters. The Morgan fingerprint density at radius 3 is 2.41 bits per heavy atom. The minimum absolute atomic E-state index is 0.184. The van der Waals surface area contributed by atoms with Crippen LogP contribution >= 0.6 is 0 Å². The standard InChI is InChI=1S/C34H38F6N4O2/c1-3-6-24-8-10-25(11-9-24)7-5-17-41-19-16-32(15-4-2)23-44(29-13-12-27(21-28(29)32)46-34(38,39)40)31(45)43-22-26-14-18-42-30(20-26)33(35,36)37/h5,7-14,18,20-21,41H,3-4,6,15-17,19,22-23H2,1-2H3,(H,43,45)/b7-5+. The number of fused-ring (bicyclic) bond motifs is 1. The number of aryl methyl sites for hydroxylation is 1. The van der Waals surface area contributed by atoms with E-state index in [9.17, 15) is 31.1 Å². The summed E-state index contributed by atoms with van der Waals surface area (Å²) >= 11 is 0. The smallest absolute Gasteiger partial charge is 0.406 e. The zero-order valence-corrected chi connectivity index (χ0v) is 25.8. The van der Waals surface area contributed by atoms with Gasteiger partial charge in [0.1, 0.15) is 11.4 Å². The minimum Gasteiger partial charge on any atom is -0.406 e. The Morgan fingerprint density at radius 2 is 1.74 bits per heavy atom. The van der Waals surface area contributed by atoms with Gasteiger partial charge in [0, 0.05) is 36.9 Å². The lowest BCUT2D eigenvalue weighted by atomic mass is 9.75. The number of pyridine rings is 1. The van der Waals surface area contributed by atoms with Crippen molar-refractivity contribution in [1.82, 2.24) is 15.6 Å². The van der Waals surface area contributed by atoms with E-state index in [-0.39, 0.29) is 24.4 Å². The zero-order chi connectivity index (χ0) is 33.4. The van der Waals surface area contributed by atoms with Crippen LogP contribution in [0.1, 0.15) is 67.5 Å². The maximum absolute atomic E-state index is 13.4. The fraction of sp³-hybridized carbons (Fsp3) is 0.412. The first kappa shape index (κ1) is 34.8. The molecule has 4 rings (SSSR count). The SMILES string of the molecule is CCCc1ccc(/C=C/CNCCC2(CCC)CN(C(=O)NCc3ccnc(C(F)(F)F)c3)c3ccc(OC(F)(F)F)cc32)cc1. The second-order valence-corrected chi connectivity index (χ2v) is 11.4. The molecule has 0 aliphatic carbocycles. The van der Waals surface area contributed by atoms with Gasteiger partial charge in [-0.1, -0.05) is 63.1 Å². The van der Waals surface area contributed by atoms with Crippen LogP contribution in [0.3, 0.4) is 0 Å². The minimum atomic E-state index is -4.89. The van der Waals surface area contributed by atoms with Gasteiger partial charge in [-0.15, -0.1) is 13.2 Å². The lowest BCUT2D eigenvalue weighted by Crippen LogP contribution is -2.43. The van der Waals surface area contributed by atoms with Crippen LogP contribution in [0.15, 0.2) is 66.9 Å². The number of carbonyl (C=O) groups excluding carboxylic acids is 1. The molecule has 2 heterocycles. The second kappa shape index (κ2) is 15.0. The van der Waals surface area contributed by atoms with Crippen LogP contribution < -0.4 is 20.3 Å². The number of hydrogen-bond donors (Lipinski definition) is 2. The first-order valence-corrected chi connectivity index (χ1v) is 15.3. The van der Waals surface area contributed by atoms with Crippen LogP contribution in [0, 0.1) is 0 Å². The van der Waals surface area contributed by atoms with E-state index in [2.05, 4.69) is 51.5 Å². The Bertz CT molecular complexity index is 1490. The third-order valence-electron chi connectivity index (χ3n) is 7.93. The second-order valence-electron chi connectivity index (χ2n) is 11.4. The molecule has 1 aliphatic heterocycles. The zero-order valence-electron chi connectivity index (χ0n) is 25.8. The van der Waals surface area contributed by atoms with E-state index in [0.29, 0.717) is 43.6 Å². The normalized spacial score (nSPS) is 16.6. The lowest BCUT2D eigenvalue weighted by Gasteiger charge is -2.30. The van der Waals surface area contributed by atoms with Crippen molar-refractivity contribution in [3.8, 4) is 5.75 Å². The van der Waals surface area contributed by atoms with Gasteiger partial charge in [-0.3, -0.25) is 9.88 Å². The summed E-state index contributed by atoms with van der Waals surface area (Å²) in [6.45, 7) is 5.18. The molecule has 0 spiro atoms. The summed E-state index contributed by atoms with van der Waals surface area (Å²) in [5.74, 6) is -0.383. The quantitative estimate of drug-likeness (QED) is 0.144. The Labute approximate surface area is 264 Å². The number of nitrogens with zero attached hydrogens (tertiary/aromatic N) is 2. The number of aromatic nitrogens is 1. The van der Waals surface area contributed by atoms with E-state index in [1.54, 1.807) is 0 Å². The van der Waals surface area contributed by atoms with Crippen molar-refractivity contribution in [2.45, 2.75) is 70.4 Å². The van der Waals surface area contributed by atoms with E-state index < -0.39 is 29.7 Å². The molecule has 0 saturated carbocycles. The monoisotopic (exact) mass is 648 g/mol. The molecule has 0 fully saturated rings. The third-order valence-corrected chi connectivity index (χ3v) is 7.93. The molecule has 1 aliphatic rings. The fourth-order valence-corrected chi connectivity index (χ4v) is 5.86. The topological polar surface area (TPSA) is 66.5 Å². The number of benzene rings is 2. The van der Waals surface area contributed by atoms with Crippen LogP contribution in [-0.2, 0) is 24.6 Å². The van der Waals surface area contributed by atoms with Gasteiger partial charge in [0.05, 0.1) is 0 Å². The molecule has 2 N–H and O–H groups in total. The van der Waals surface area contributed by atoms with Gasteiger partial charge in [0.25, 0.3) is 0 Å². The molecule has 0 bridgehead atoms. The molecule has 1 atom stereocenters. The Balaban J connectivity index is 1.48. The number of rotatable bonds is 13. The molecule has 46 heavy (non-hydrogen) atoms. The summed E-state index contributed by atoms with van der Waals surface area (Å²) in [5.41, 5.74) is 1.80. The number of alkyl halides is 6. The van der Waals surface area contributed by atoms with Crippen molar-refractivity contribution in [3.63, 3.8) is 0 Å². The highest BCUT2D eigenvalue weighted by molar-refractivity contribution is 5.95. The molecule has 3 aromatic rings. The number of amides is 2. The van der Waals surface area contributed by atoms with Crippen molar-refractivity contribution in [2.75, 3.05) is 24.5 Å². The highest BCUT2D eigenvalue weighted by Gasteiger charge is 2.44. The van der Waals surface area contributed by atoms with Crippen molar-refractivity contribution in [2.24, 2.45) is 0 Å². The predicted octanol–water partition coefficient (Wildman–Crippen LogP) is 8.41. The van der Waals surface area contributed by atoms with Gasteiger partial charge in [-0.25, -0.2) is 4.79 Å². The van der Waals surface area contributed by atoms with Crippen molar-refractivity contribution < 1.29 is 35.9 Å². The molecule has 12 heteroatoms. The Morgan fingerprint density at radius 1 is 0.978 bits per heavy atom. The number of hydrogen-bond acceptors (Lipinski definition) is 4. The Kier molecular flexibility index (Phi) is 11.4. The fourth-order valence-electron chi connectivity index (χ4n) is 5.86. The highest BCUT2D eigenvalue weighted by Crippen LogP contribution is 2.47. The molecule has 1 aromatic heterocycles.